The van der Waals surface area contributed by atoms with Gasteiger partial charge < -0.3 is 5.73 Å². The first-order valence-corrected chi connectivity index (χ1v) is 8.22. The van der Waals surface area contributed by atoms with Gasteiger partial charge in [-0.25, -0.2) is 8.42 Å². The van der Waals surface area contributed by atoms with E-state index in [0.29, 0.717) is 0 Å². The first-order valence-electron chi connectivity index (χ1n) is 5.83. The van der Waals surface area contributed by atoms with Crippen LogP contribution < -0.4 is 5.73 Å². The molecule has 2 rings (SSSR count). The number of nitrogen functional groups attached to an aromatic ring is 1. The quantitative estimate of drug-likeness (QED) is 0.514. The molecule has 112 valence electrons. The molecule has 1 heterocycles. The summed E-state index contributed by atoms with van der Waals surface area (Å²) in [7, 11) is -2.58. The fourth-order valence-electron chi connectivity index (χ4n) is 1.79. The molecule has 1 aromatic heterocycles. The smallest absolute Gasteiger partial charge is 0.291 e. The van der Waals surface area contributed by atoms with Gasteiger partial charge in [-0.1, -0.05) is 0 Å². The van der Waals surface area contributed by atoms with Gasteiger partial charge in [0.25, 0.3) is 5.69 Å². The molecular formula is C12H13N3O4S2. The number of hydrogen-bond donors (Lipinski definition) is 1. The molecule has 0 aliphatic heterocycles. The SMILES string of the molecule is CN(Cc1ccsc1)S(=O)(=O)c1ccc(N)cc1[N+](=O)[O-]. The van der Waals surface area contributed by atoms with Gasteiger partial charge in [0.2, 0.25) is 10.0 Å². The minimum Gasteiger partial charge on any atom is -0.399 e. The summed E-state index contributed by atoms with van der Waals surface area (Å²) in [5, 5.41) is 14.7. The summed E-state index contributed by atoms with van der Waals surface area (Å²) in [6.07, 6.45) is 0. The summed E-state index contributed by atoms with van der Waals surface area (Å²) in [5.74, 6) is 0. The summed E-state index contributed by atoms with van der Waals surface area (Å²) in [6.45, 7) is 0.146. The van der Waals surface area contributed by atoms with Gasteiger partial charge >= 0.3 is 0 Å². The van der Waals surface area contributed by atoms with Crippen molar-refractivity contribution in [3.05, 3.63) is 50.7 Å². The molecule has 21 heavy (non-hydrogen) atoms. The van der Waals surface area contributed by atoms with Crippen molar-refractivity contribution >= 4 is 32.7 Å². The van der Waals surface area contributed by atoms with Crippen molar-refractivity contribution in [3.8, 4) is 0 Å². The van der Waals surface area contributed by atoms with Crippen LogP contribution in [0.4, 0.5) is 11.4 Å². The van der Waals surface area contributed by atoms with Crippen LogP contribution in [0, 0.1) is 10.1 Å². The van der Waals surface area contributed by atoms with Crippen molar-refractivity contribution < 1.29 is 13.3 Å². The number of nitro benzene ring substituents is 1. The van der Waals surface area contributed by atoms with E-state index in [9.17, 15) is 18.5 Å². The fraction of sp³-hybridized carbons (Fsp3) is 0.167. The van der Waals surface area contributed by atoms with Crippen molar-refractivity contribution in [2.24, 2.45) is 0 Å². The van der Waals surface area contributed by atoms with Crippen molar-refractivity contribution in [1.82, 2.24) is 4.31 Å². The summed E-state index contributed by atoms with van der Waals surface area (Å²) >= 11 is 1.45. The number of nitrogens with two attached hydrogens (primary N) is 1. The molecule has 0 saturated heterocycles. The van der Waals surface area contributed by atoms with E-state index in [2.05, 4.69) is 0 Å². The summed E-state index contributed by atoms with van der Waals surface area (Å²) in [4.78, 5) is 9.92. The topological polar surface area (TPSA) is 107 Å². The fourth-order valence-corrected chi connectivity index (χ4v) is 3.74. The van der Waals surface area contributed by atoms with Gasteiger partial charge in [0.05, 0.1) is 4.92 Å². The molecule has 2 N–H and O–H groups in total. The Morgan fingerprint density at radius 1 is 1.38 bits per heavy atom. The molecule has 7 nitrogen and oxygen atoms in total. The van der Waals surface area contributed by atoms with Gasteiger partial charge in [0.15, 0.2) is 4.90 Å². The maximum absolute atomic E-state index is 12.5. The molecular weight excluding hydrogens is 314 g/mol. The second kappa shape index (κ2) is 5.80. The molecule has 9 heteroatoms. The highest BCUT2D eigenvalue weighted by Crippen LogP contribution is 2.28. The molecule has 0 radical (unpaired) electrons. The van der Waals surface area contributed by atoms with E-state index in [1.54, 1.807) is 6.07 Å². The zero-order valence-corrected chi connectivity index (χ0v) is 12.7. The van der Waals surface area contributed by atoms with Gasteiger partial charge in [-0.3, -0.25) is 10.1 Å². The number of anilines is 1. The zero-order chi connectivity index (χ0) is 15.6. The minimum atomic E-state index is -3.97. The van der Waals surface area contributed by atoms with E-state index < -0.39 is 20.6 Å². The van der Waals surface area contributed by atoms with E-state index >= 15 is 0 Å². The van der Waals surface area contributed by atoms with E-state index in [0.717, 1.165) is 22.0 Å². The number of hydrogen-bond acceptors (Lipinski definition) is 6. The van der Waals surface area contributed by atoms with Crippen LogP contribution in [-0.2, 0) is 16.6 Å². The van der Waals surface area contributed by atoms with Crippen molar-refractivity contribution in [1.29, 1.82) is 0 Å². The predicted molar refractivity (Wildman–Crippen MR) is 80.5 cm³/mol. The molecule has 0 saturated carbocycles. The van der Waals surface area contributed by atoms with Gasteiger partial charge in [-0.15, -0.1) is 0 Å². The van der Waals surface area contributed by atoms with Crippen LogP contribution in [0.5, 0.6) is 0 Å². The van der Waals surface area contributed by atoms with Crippen molar-refractivity contribution in [3.63, 3.8) is 0 Å². The number of rotatable bonds is 5. The monoisotopic (exact) mass is 327 g/mol. The Balaban J connectivity index is 2.41. The van der Waals surface area contributed by atoms with Crippen LogP contribution in [0.25, 0.3) is 0 Å². The minimum absolute atomic E-state index is 0.140. The Labute approximate surface area is 125 Å². The summed E-state index contributed by atoms with van der Waals surface area (Å²) < 4.78 is 26.0. The Kier molecular flexibility index (Phi) is 4.26. The highest BCUT2D eigenvalue weighted by atomic mass is 32.2. The molecule has 2 aromatic rings. The average Bonchev–Trinajstić information content (AvgIpc) is 2.91. The van der Waals surface area contributed by atoms with E-state index in [4.69, 9.17) is 5.73 Å². The lowest BCUT2D eigenvalue weighted by Gasteiger charge is -2.16. The third-order valence-electron chi connectivity index (χ3n) is 2.85. The lowest BCUT2D eigenvalue weighted by molar-refractivity contribution is -0.387. The molecule has 0 atom stereocenters. The molecule has 1 aromatic carbocycles. The molecule has 0 aliphatic carbocycles. The van der Waals surface area contributed by atoms with Crippen LogP contribution in [0.2, 0.25) is 0 Å². The van der Waals surface area contributed by atoms with Gasteiger partial charge in [-0.2, -0.15) is 15.6 Å². The molecule has 0 aliphatic rings. The third kappa shape index (κ3) is 3.20. The van der Waals surface area contributed by atoms with E-state index in [-0.39, 0.29) is 17.1 Å². The van der Waals surface area contributed by atoms with Crippen LogP contribution in [0.15, 0.2) is 39.9 Å². The number of benzene rings is 1. The molecule has 0 fully saturated rings. The van der Waals surface area contributed by atoms with E-state index in [1.807, 2.05) is 10.8 Å². The second-order valence-corrected chi connectivity index (χ2v) is 7.17. The first kappa shape index (κ1) is 15.4. The van der Waals surface area contributed by atoms with Crippen molar-refractivity contribution in [2.75, 3.05) is 12.8 Å². The molecule has 0 bridgehead atoms. The van der Waals surface area contributed by atoms with Crippen LogP contribution in [-0.4, -0.2) is 24.7 Å². The predicted octanol–water partition coefficient (Wildman–Crippen LogP) is 2.06. The third-order valence-corrected chi connectivity index (χ3v) is 5.44. The molecule has 0 spiro atoms. The standard InChI is InChI=1S/C12H13N3O4S2/c1-14(7-9-4-5-20-8-9)21(18,19)12-3-2-10(13)6-11(12)15(16)17/h2-6,8H,7,13H2,1H3. The Bertz CT molecular complexity index is 757. The molecule has 0 amide bonds. The second-order valence-electron chi connectivity index (χ2n) is 4.38. The summed E-state index contributed by atoms with van der Waals surface area (Å²) in [5.41, 5.74) is 5.92. The Hall–Kier alpha value is -1.97. The van der Waals surface area contributed by atoms with E-state index in [1.165, 1.54) is 24.5 Å². The van der Waals surface area contributed by atoms with Gasteiger partial charge in [-0.05, 0) is 34.5 Å². The van der Waals surface area contributed by atoms with Crippen LogP contribution in [0.1, 0.15) is 5.56 Å². The van der Waals surface area contributed by atoms with Crippen molar-refractivity contribution in [2.45, 2.75) is 11.4 Å². The van der Waals surface area contributed by atoms with Gasteiger partial charge in [0, 0.05) is 25.3 Å². The maximum atomic E-state index is 12.5. The Morgan fingerprint density at radius 2 is 2.10 bits per heavy atom. The normalized spacial score (nSPS) is 11.7. The number of thiophene rings is 1. The average molecular weight is 327 g/mol. The Morgan fingerprint density at radius 3 is 2.67 bits per heavy atom. The highest BCUT2D eigenvalue weighted by molar-refractivity contribution is 7.89. The highest BCUT2D eigenvalue weighted by Gasteiger charge is 2.29. The number of nitro groups is 1. The maximum Gasteiger partial charge on any atom is 0.291 e. The number of nitrogens with zero attached hydrogens (tertiary/aromatic N) is 2. The first-order chi connectivity index (χ1) is 9.82. The summed E-state index contributed by atoms with van der Waals surface area (Å²) in [6, 6.07) is 5.34. The van der Waals surface area contributed by atoms with Crippen LogP contribution in [0.3, 0.4) is 0 Å². The molecule has 0 unspecified atom stereocenters. The van der Waals surface area contributed by atoms with Gasteiger partial charge in [0.1, 0.15) is 0 Å². The largest absolute Gasteiger partial charge is 0.399 e. The zero-order valence-electron chi connectivity index (χ0n) is 11.1. The van der Waals surface area contributed by atoms with Crippen LogP contribution >= 0.6 is 11.3 Å². The number of sulfonamides is 1. The lowest BCUT2D eigenvalue weighted by atomic mass is 10.3. The lowest BCUT2D eigenvalue weighted by Crippen LogP contribution is -2.27.